The van der Waals surface area contributed by atoms with Crippen molar-refractivity contribution in [3.63, 3.8) is 0 Å². The number of nitrogens with two attached hydrogens (primary N) is 1. The average Bonchev–Trinajstić information content (AvgIpc) is 3.29. The molecule has 0 atom stereocenters. The van der Waals surface area contributed by atoms with E-state index in [1.807, 2.05) is 6.92 Å². The Hall–Kier alpha value is -1.40. The van der Waals surface area contributed by atoms with Gasteiger partial charge in [0.2, 0.25) is 0 Å². The van der Waals surface area contributed by atoms with E-state index in [1.165, 1.54) is 12.8 Å². The van der Waals surface area contributed by atoms with Crippen LogP contribution in [0.25, 0.3) is 0 Å². The van der Waals surface area contributed by atoms with Gasteiger partial charge in [-0.15, -0.1) is 0 Å². The van der Waals surface area contributed by atoms with Crippen LogP contribution in [0.3, 0.4) is 0 Å². The standard InChI is InChI=1S/C15H25N5O/c1-11-13(16)17-14(12-3-4-12)18-15(11)20-6-2-5-19(7-8-20)9-10-21/h12,21H,2-10H2,1H3,(H2,16,17,18). The molecule has 2 aliphatic rings. The van der Waals surface area contributed by atoms with E-state index in [1.54, 1.807) is 0 Å². The Bertz CT molecular complexity index is 503. The van der Waals surface area contributed by atoms with E-state index >= 15 is 0 Å². The van der Waals surface area contributed by atoms with E-state index in [2.05, 4.69) is 14.8 Å². The second-order valence-corrected chi connectivity index (χ2v) is 6.10. The van der Waals surface area contributed by atoms with E-state index in [-0.39, 0.29) is 6.61 Å². The monoisotopic (exact) mass is 291 g/mol. The van der Waals surface area contributed by atoms with Gasteiger partial charge in [0.25, 0.3) is 0 Å². The normalized spacial score (nSPS) is 20.6. The first-order valence-corrected chi connectivity index (χ1v) is 7.91. The van der Waals surface area contributed by atoms with Crippen LogP contribution < -0.4 is 10.6 Å². The second kappa shape index (κ2) is 6.15. The molecule has 1 saturated carbocycles. The molecule has 3 N–H and O–H groups in total. The van der Waals surface area contributed by atoms with Gasteiger partial charge in [0.15, 0.2) is 0 Å². The van der Waals surface area contributed by atoms with E-state index in [4.69, 9.17) is 15.8 Å². The summed E-state index contributed by atoms with van der Waals surface area (Å²) in [6, 6.07) is 0. The van der Waals surface area contributed by atoms with Crippen molar-refractivity contribution in [3.8, 4) is 0 Å². The number of nitrogens with zero attached hydrogens (tertiary/aromatic N) is 4. The number of anilines is 2. The molecule has 2 heterocycles. The molecule has 0 bridgehead atoms. The number of hydrogen-bond acceptors (Lipinski definition) is 6. The lowest BCUT2D eigenvalue weighted by atomic mass is 10.2. The van der Waals surface area contributed by atoms with Crippen molar-refractivity contribution in [2.24, 2.45) is 0 Å². The Morgan fingerprint density at radius 2 is 2.00 bits per heavy atom. The molecule has 1 saturated heterocycles. The largest absolute Gasteiger partial charge is 0.395 e. The van der Waals surface area contributed by atoms with Gasteiger partial charge in [0, 0.05) is 37.7 Å². The van der Waals surface area contributed by atoms with Crippen LogP contribution in [0, 0.1) is 6.92 Å². The molecule has 3 rings (SSSR count). The fourth-order valence-electron chi connectivity index (χ4n) is 2.92. The average molecular weight is 291 g/mol. The molecule has 1 aromatic heterocycles. The van der Waals surface area contributed by atoms with Gasteiger partial charge >= 0.3 is 0 Å². The lowest BCUT2D eigenvalue weighted by Crippen LogP contribution is -2.33. The lowest BCUT2D eigenvalue weighted by molar-refractivity contribution is 0.204. The first kappa shape index (κ1) is 14.5. The summed E-state index contributed by atoms with van der Waals surface area (Å²) in [4.78, 5) is 13.9. The molecule has 0 aromatic carbocycles. The van der Waals surface area contributed by atoms with Crippen LogP contribution in [0.5, 0.6) is 0 Å². The smallest absolute Gasteiger partial charge is 0.137 e. The van der Waals surface area contributed by atoms with Gasteiger partial charge in [-0.3, -0.25) is 4.90 Å². The topological polar surface area (TPSA) is 78.5 Å². The Morgan fingerprint density at radius 3 is 2.71 bits per heavy atom. The molecule has 0 radical (unpaired) electrons. The molecular weight excluding hydrogens is 266 g/mol. The van der Waals surface area contributed by atoms with Crippen LogP contribution in [0.15, 0.2) is 0 Å². The number of aromatic nitrogens is 2. The van der Waals surface area contributed by atoms with Crippen molar-refractivity contribution in [1.29, 1.82) is 0 Å². The molecular formula is C15H25N5O. The molecule has 2 fully saturated rings. The number of β-amino-alcohol motifs (C(OH)–C–C–N with tert-alkyl or cyclic N) is 1. The number of aliphatic hydroxyl groups excluding tert-OH is 1. The minimum absolute atomic E-state index is 0.227. The third-order valence-electron chi connectivity index (χ3n) is 4.42. The molecule has 21 heavy (non-hydrogen) atoms. The van der Waals surface area contributed by atoms with Crippen LogP contribution >= 0.6 is 0 Å². The molecule has 116 valence electrons. The number of nitrogen functional groups attached to an aromatic ring is 1. The number of hydrogen-bond donors (Lipinski definition) is 2. The SMILES string of the molecule is Cc1c(N)nc(C2CC2)nc1N1CCCN(CCO)CC1. The highest BCUT2D eigenvalue weighted by atomic mass is 16.3. The zero-order valence-electron chi connectivity index (χ0n) is 12.8. The van der Waals surface area contributed by atoms with Gasteiger partial charge in [-0.25, -0.2) is 9.97 Å². The molecule has 0 amide bonds. The summed E-state index contributed by atoms with van der Waals surface area (Å²) in [6.07, 6.45) is 3.46. The Balaban J connectivity index is 1.79. The maximum atomic E-state index is 9.09. The van der Waals surface area contributed by atoms with Crippen LogP contribution in [0.2, 0.25) is 0 Å². The first-order valence-electron chi connectivity index (χ1n) is 7.91. The van der Waals surface area contributed by atoms with Gasteiger partial charge < -0.3 is 15.7 Å². The zero-order valence-corrected chi connectivity index (χ0v) is 12.8. The third-order valence-corrected chi connectivity index (χ3v) is 4.42. The van der Waals surface area contributed by atoms with Crippen LogP contribution in [0.1, 0.15) is 36.6 Å². The summed E-state index contributed by atoms with van der Waals surface area (Å²) in [5.41, 5.74) is 7.08. The summed E-state index contributed by atoms with van der Waals surface area (Å²) in [6.45, 7) is 6.91. The fraction of sp³-hybridized carbons (Fsp3) is 0.733. The Morgan fingerprint density at radius 1 is 1.19 bits per heavy atom. The van der Waals surface area contributed by atoms with E-state index < -0.39 is 0 Å². The molecule has 1 aliphatic carbocycles. The summed E-state index contributed by atoms with van der Waals surface area (Å²) in [5, 5.41) is 9.09. The molecule has 0 spiro atoms. The molecule has 6 heteroatoms. The van der Waals surface area contributed by atoms with Crippen molar-refractivity contribution in [2.75, 3.05) is 50.0 Å². The van der Waals surface area contributed by atoms with E-state index in [0.29, 0.717) is 11.7 Å². The summed E-state index contributed by atoms with van der Waals surface area (Å²) < 4.78 is 0. The quantitative estimate of drug-likeness (QED) is 0.852. The molecule has 6 nitrogen and oxygen atoms in total. The number of rotatable bonds is 4. The molecule has 1 aliphatic heterocycles. The van der Waals surface area contributed by atoms with Gasteiger partial charge in [-0.05, 0) is 32.7 Å². The summed E-state index contributed by atoms with van der Waals surface area (Å²) in [5.74, 6) is 3.07. The third kappa shape index (κ3) is 3.27. The van der Waals surface area contributed by atoms with Gasteiger partial charge in [0.05, 0.1) is 6.61 Å². The fourth-order valence-corrected chi connectivity index (χ4v) is 2.92. The van der Waals surface area contributed by atoms with E-state index in [0.717, 1.165) is 56.4 Å². The van der Waals surface area contributed by atoms with Crippen molar-refractivity contribution in [1.82, 2.24) is 14.9 Å². The Labute approximate surface area is 126 Å². The van der Waals surface area contributed by atoms with Crippen LogP contribution in [-0.2, 0) is 0 Å². The zero-order chi connectivity index (χ0) is 14.8. The van der Waals surface area contributed by atoms with Gasteiger partial charge in [-0.2, -0.15) is 0 Å². The molecule has 0 unspecified atom stereocenters. The minimum Gasteiger partial charge on any atom is -0.395 e. The van der Waals surface area contributed by atoms with Crippen molar-refractivity contribution in [2.45, 2.75) is 32.1 Å². The van der Waals surface area contributed by atoms with Crippen LogP contribution in [-0.4, -0.2) is 59.3 Å². The number of aliphatic hydroxyl groups is 1. The van der Waals surface area contributed by atoms with Gasteiger partial charge in [0.1, 0.15) is 17.5 Å². The van der Waals surface area contributed by atoms with E-state index in [9.17, 15) is 0 Å². The maximum Gasteiger partial charge on any atom is 0.137 e. The predicted molar refractivity (Wildman–Crippen MR) is 83.5 cm³/mol. The maximum absolute atomic E-state index is 9.09. The highest BCUT2D eigenvalue weighted by Crippen LogP contribution is 2.39. The first-order chi connectivity index (χ1) is 10.2. The highest BCUT2D eigenvalue weighted by molar-refractivity contribution is 5.57. The summed E-state index contributed by atoms with van der Waals surface area (Å²) >= 11 is 0. The minimum atomic E-state index is 0.227. The van der Waals surface area contributed by atoms with Gasteiger partial charge in [-0.1, -0.05) is 0 Å². The highest BCUT2D eigenvalue weighted by Gasteiger charge is 2.29. The van der Waals surface area contributed by atoms with Crippen molar-refractivity contribution in [3.05, 3.63) is 11.4 Å². The second-order valence-electron chi connectivity index (χ2n) is 6.10. The summed E-state index contributed by atoms with van der Waals surface area (Å²) in [7, 11) is 0. The predicted octanol–water partition coefficient (Wildman–Crippen LogP) is 0.749. The lowest BCUT2D eigenvalue weighted by Gasteiger charge is -2.24. The van der Waals surface area contributed by atoms with Crippen molar-refractivity contribution < 1.29 is 5.11 Å². The Kier molecular flexibility index (Phi) is 4.26. The van der Waals surface area contributed by atoms with Crippen LogP contribution in [0.4, 0.5) is 11.6 Å². The molecule has 1 aromatic rings. The van der Waals surface area contributed by atoms with Crippen molar-refractivity contribution >= 4 is 11.6 Å².